The fraction of sp³-hybridized carbons (Fsp3) is 0.556. The Morgan fingerprint density at radius 1 is 1.50 bits per heavy atom. The number of aromatic nitrogens is 2. The number of likely N-dealkylation sites (tertiary alicyclic amines) is 1. The van der Waals surface area contributed by atoms with Crippen molar-refractivity contribution in [2.45, 2.75) is 6.54 Å². The molecule has 0 radical (unpaired) electrons. The zero-order valence-electron chi connectivity index (χ0n) is 7.83. The van der Waals surface area contributed by atoms with Gasteiger partial charge in [0.05, 0.1) is 12.2 Å². The number of hydrogen-bond acceptors (Lipinski definition) is 3. The fourth-order valence-corrected chi connectivity index (χ4v) is 1.58. The van der Waals surface area contributed by atoms with Crippen LogP contribution in [-0.4, -0.2) is 45.2 Å². The third-order valence-corrected chi connectivity index (χ3v) is 2.54. The maximum Gasteiger partial charge on any atom is 0.309 e. The van der Waals surface area contributed by atoms with Crippen LogP contribution in [0.15, 0.2) is 18.7 Å². The molecule has 0 aliphatic carbocycles. The van der Waals surface area contributed by atoms with E-state index in [9.17, 15) is 4.79 Å². The third-order valence-electron chi connectivity index (χ3n) is 2.54. The van der Waals surface area contributed by atoms with Crippen molar-refractivity contribution in [2.75, 3.05) is 19.6 Å². The molecule has 0 aromatic carbocycles. The number of nitrogens with zero attached hydrogens (tertiary/aromatic N) is 3. The number of imidazole rings is 1. The standard InChI is InChI=1S/C9H13N3O2/c13-9(14)8-5-12(6-8)4-3-11-2-1-10-7-11/h1-2,7-8H,3-6H2,(H,13,14). The van der Waals surface area contributed by atoms with Crippen LogP contribution in [0.4, 0.5) is 0 Å². The van der Waals surface area contributed by atoms with Crippen LogP contribution in [0.3, 0.4) is 0 Å². The van der Waals surface area contributed by atoms with Crippen LogP contribution in [-0.2, 0) is 11.3 Å². The molecule has 2 heterocycles. The highest BCUT2D eigenvalue weighted by Gasteiger charge is 2.31. The van der Waals surface area contributed by atoms with Crippen molar-refractivity contribution in [1.29, 1.82) is 0 Å². The molecule has 0 atom stereocenters. The van der Waals surface area contributed by atoms with Crippen LogP contribution in [0.25, 0.3) is 0 Å². The summed E-state index contributed by atoms with van der Waals surface area (Å²) in [5.74, 6) is -0.832. The highest BCUT2D eigenvalue weighted by molar-refractivity contribution is 5.71. The van der Waals surface area contributed by atoms with Gasteiger partial charge in [-0.05, 0) is 0 Å². The van der Waals surface area contributed by atoms with Crippen LogP contribution >= 0.6 is 0 Å². The lowest BCUT2D eigenvalue weighted by atomic mass is 10.0. The summed E-state index contributed by atoms with van der Waals surface area (Å²) < 4.78 is 1.99. The van der Waals surface area contributed by atoms with Crippen LogP contribution in [0.5, 0.6) is 0 Å². The lowest BCUT2D eigenvalue weighted by Crippen LogP contribution is -2.51. The number of aliphatic carboxylic acids is 1. The zero-order chi connectivity index (χ0) is 9.97. The third kappa shape index (κ3) is 1.93. The number of carbonyl (C=O) groups is 1. The van der Waals surface area contributed by atoms with Crippen molar-refractivity contribution < 1.29 is 9.90 Å². The number of carboxylic acids is 1. The lowest BCUT2D eigenvalue weighted by molar-refractivity contribution is -0.147. The molecule has 1 N–H and O–H groups in total. The van der Waals surface area contributed by atoms with Gasteiger partial charge in [0.15, 0.2) is 0 Å². The predicted octanol–water partition coefficient (Wildman–Crippen LogP) is -0.101. The summed E-state index contributed by atoms with van der Waals surface area (Å²) in [6.07, 6.45) is 5.43. The molecule has 1 aliphatic rings. The zero-order valence-corrected chi connectivity index (χ0v) is 7.83. The Labute approximate surface area is 82.0 Å². The van der Waals surface area contributed by atoms with Crippen molar-refractivity contribution >= 4 is 5.97 Å². The van der Waals surface area contributed by atoms with E-state index < -0.39 is 5.97 Å². The fourth-order valence-electron chi connectivity index (χ4n) is 1.58. The van der Waals surface area contributed by atoms with Crippen molar-refractivity contribution in [3.8, 4) is 0 Å². The topological polar surface area (TPSA) is 58.4 Å². The van der Waals surface area contributed by atoms with Crippen LogP contribution in [0.2, 0.25) is 0 Å². The van der Waals surface area contributed by atoms with Gasteiger partial charge < -0.3 is 9.67 Å². The van der Waals surface area contributed by atoms with Gasteiger partial charge in [0.25, 0.3) is 0 Å². The van der Waals surface area contributed by atoms with Crippen LogP contribution < -0.4 is 0 Å². The molecular weight excluding hydrogens is 182 g/mol. The maximum absolute atomic E-state index is 10.5. The Balaban J connectivity index is 1.68. The molecule has 0 bridgehead atoms. The van der Waals surface area contributed by atoms with E-state index in [1.165, 1.54) is 0 Å². The molecule has 1 aliphatic heterocycles. The monoisotopic (exact) mass is 195 g/mol. The molecule has 1 saturated heterocycles. The molecule has 76 valence electrons. The van der Waals surface area contributed by atoms with Gasteiger partial charge in [-0.3, -0.25) is 9.69 Å². The highest BCUT2D eigenvalue weighted by Crippen LogP contribution is 2.14. The largest absolute Gasteiger partial charge is 0.481 e. The van der Waals surface area contributed by atoms with E-state index in [1.54, 1.807) is 12.5 Å². The minimum Gasteiger partial charge on any atom is -0.481 e. The lowest BCUT2D eigenvalue weighted by Gasteiger charge is -2.36. The van der Waals surface area contributed by atoms with Crippen molar-refractivity contribution in [1.82, 2.24) is 14.5 Å². The van der Waals surface area contributed by atoms with Gasteiger partial charge in [-0.2, -0.15) is 0 Å². The summed E-state index contributed by atoms with van der Waals surface area (Å²) in [5, 5.41) is 8.66. The van der Waals surface area contributed by atoms with E-state index in [1.807, 2.05) is 10.8 Å². The van der Waals surface area contributed by atoms with E-state index in [0.29, 0.717) is 13.1 Å². The molecule has 5 heteroatoms. The minimum absolute atomic E-state index is 0.155. The van der Waals surface area contributed by atoms with Crippen molar-refractivity contribution in [3.63, 3.8) is 0 Å². The average Bonchev–Trinajstić information content (AvgIpc) is 2.52. The number of rotatable bonds is 4. The number of hydrogen-bond donors (Lipinski definition) is 1. The van der Waals surface area contributed by atoms with Crippen molar-refractivity contribution in [2.24, 2.45) is 5.92 Å². The molecule has 1 aromatic heterocycles. The number of carboxylic acid groups (broad SMARTS) is 1. The van der Waals surface area contributed by atoms with Gasteiger partial charge in [-0.1, -0.05) is 0 Å². The predicted molar refractivity (Wildman–Crippen MR) is 49.8 cm³/mol. The van der Waals surface area contributed by atoms with Crippen LogP contribution in [0.1, 0.15) is 0 Å². The molecule has 5 nitrogen and oxygen atoms in total. The summed E-state index contributed by atoms with van der Waals surface area (Å²) in [6.45, 7) is 3.15. The van der Waals surface area contributed by atoms with Crippen molar-refractivity contribution in [3.05, 3.63) is 18.7 Å². The summed E-state index contributed by atoms with van der Waals surface area (Å²) >= 11 is 0. The van der Waals surface area contributed by atoms with E-state index in [-0.39, 0.29) is 5.92 Å². The summed E-state index contributed by atoms with van der Waals surface area (Å²) in [7, 11) is 0. The first-order valence-electron chi connectivity index (χ1n) is 4.66. The maximum atomic E-state index is 10.5. The van der Waals surface area contributed by atoms with Gasteiger partial charge in [-0.15, -0.1) is 0 Å². The Kier molecular flexibility index (Phi) is 2.49. The Morgan fingerprint density at radius 2 is 2.29 bits per heavy atom. The van der Waals surface area contributed by atoms with Crippen LogP contribution in [0, 0.1) is 5.92 Å². The van der Waals surface area contributed by atoms with Gasteiger partial charge in [0.2, 0.25) is 0 Å². The molecule has 1 fully saturated rings. The quantitative estimate of drug-likeness (QED) is 0.728. The van der Waals surface area contributed by atoms with E-state index in [0.717, 1.165) is 13.1 Å². The molecule has 0 saturated carbocycles. The first kappa shape index (κ1) is 9.21. The molecule has 1 aromatic rings. The Morgan fingerprint density at radius 3 is 2.86 bits per heavy atom. The van der Waals surface area contributed by atoms with E-state index in [2.05, 4.69) is 9.88 Å². The smallest absolute Gasteiger partial charge is 0.309 e. The normalized spacial score (nSPS) is 18.0. The highest BCUT2D eigenvalue weighted by atomic mass is 16.4. The van der Waals surface area contributed by atoms with Gasteiger partial charge >= 0.3 is 5.97 Å². The molecule has 0 spiro atoms. The van der Waals surface area contributed by atoms with E-state index in [4.69, 9.17) is 5.11 Å². The van der Waals surface area contributed by atoms with Gasteiger partial charge in [-0.25, -0.2) is 4.98 Å². The molecule has 0 unspecified atom stereocenters. The average molecular weight is 195 g/mol. The molecule has 2 rings (SSSR count). The molecule has 14 heavy (non-hydrogen) atoms. The Bertz CT molecular complexity index is 304. The second-order valence-electron chi connectivity index (χ2n) is 3.60. The van der Waals surface area contributed by atoms with E-state index >= 15 is 0 Å². The van der Waals surface area contributed by atoms with Gasteiger partial charge in [0, 0.05) is 38.6 Å². The molecular formula is C9H13N3O2. The second kappa shape index (κ2) is 3.79. The Hall–Kier alpha value is -1.36. The summed E-state index contributed by atoms with van der Waals surface area (Å²) in [5.41, 5.74) is 0. The first-order chi connectivity index (χ1) is 6.75. The first-order valence-corrected chi connectivity index (χ1v) is 4.66. The SMILES string of the molecule is O=C(O)C1CN(CCn2ccnc2)C1. The minimum atomic E-state index is -0.677. The summed E-state index contributed by atoms with van der Waals surface area (Å²) in [6, 6.07) is 0. The van der Waals surface area contributed by atoms with Gasteiger partial charge in [0.1, 0.15) is 0 Å². The summed E-state index contributed by atoms with van der Waals surface area (Å²) in [4.78, 5) is 16.6. The second-order valence-corrected chi connectivity index (χ2v) is 3.60. The molecule has 0 amide bonds.